The highest BCUT2D eigenvalue weighted by atomic mass is 19.1. The van der Waals surface area contributed by atoms with Crippen LogP contribution in [-0.2, 0) is 18.3 Å². The largest absolute Gasteiger partial charge is 0.337 e. The van der Waals surface area contributed by atoms with Crippen molar-refractivity contribution < 1.29 is 14.0 Å². The Morgan fingerprint density at radius 1 is 1.15 bits per heavy atom. The Kier molecular flexibility index (Phi) is 6.68. The zero-order valence-electron chi connectivity index (χ0n) is 18.7. The monoisotopic (exact) mass is 446 g/mol. The topological polar surface area (TPSA) is 58.4 Å². The van der Waals surface area contributed by atoms with E-state index in [9.17, 15) is 14.0 Å². The molecule has 33 heavy (non-hydrogen) atoms. The van der Waals surface area contributed by atoms with Gasteiger partial charge in [0.05, 0.1) is 5.92 Å². The van der Waals surface area contributed by atoms with Crippen LogP contribution < -0.4 is 0 Å². The third-order valence-corrected chi connectivity index (χ3v) is 6.04. The highest BCUT2D eigenvalue weighted by molar-refractivity contribution is 5.93. The summed E-state index contributed by atoms with van der Waals surface area (Å²) >= 11 is 0. The Morgan fingerprint density at radius 2 is 1.91 bits per heavy atom. The molecule has 0 radical (unpaired) electrons. The molecule has 6 nitrogen and oxygen atoms in total. The lowest BCUT2D eigenvalue weighted by atomic mass is 9.95. The third kappa shape index (κ3) is 4.87. The van der Waals surface area contributed by atoms with Crippen LogP contribution in [0.2, 0.25) is 0 Å². The number of aryl methyl sites for hydroxylation is 1. The summed E-state index contributed by atoms with van der Waals surface area (Å²) in [5.41, 5.74) is 2.78. The maximum Gasteiger partial charge on any atom is 0.272 e. The van der Waals surface area contributed by atoms with Gasteiger partial charge < -0.3 is 9.80 Å². The molecule has 3 aromatic rings. The van der Waals surface area contributed by atoms with E-state index in [1.54, 1.807) is 58.1 Å². The SMILES string of the molecule is C=CCN1CCN(C(=O)c2ccnn2C)C[C@H](Cc2ccc(-c3ccccc3F)cc2)C1=O. The minimum atomic E-state index is -0.385. The standard InChI is InChI=1S/C26H27FN4O2/c1-3-14-30-15-16-31(26(33)24-12-13-28-29(24)2)18-21(25(30)32)17-19-8-10-20(11-9-19)22-6-4-5-7-23(22)27/h3-13,21H,1,14-18H2,2H3/t21-/m0/s1. The summed E-state index contributed by atoms with van der Waals surface area (Å²) in [5, 5.41) is 4.09. The van der Waals surface area contributed by atoms with Crippen molar-refractivity contribution in [2.45, 2.75) is 6.42 Å². The summed E-state index contributed by atoms with van der Waals surface area (Å²) in [6.45, 7) is 5.44. The van der Waals surface area contributed by atoms with E-state index in [0.717, 1.165) is 11.1 Å². The predicted octanol–water partition coefficient (Wildman–Crippen LogP) is 3.56. The van der Waals surface area contributed by atoms with Gasteiger partial charge in [0.15, 0.2) is 0 Å². The van der Waals surface area contributed by atoms with Crippen molar-refractivity contribution in [1.29, 1.82) is 0 Å². The van der Waals surface area contributed by atoms with Gasteiger partial charge in [-0.05, 0) is 29.7 Å². The predicted molar refractivity (Wildman–Crippen MR) is 125 cm³/mol. The molecule has 7 heteroatoms. The van der Waals surface area contributed by atoms with E-state index in [0.29, 0.717) is 43.9 Å². The molecule has 4 rings (SSSR count). The Balaban J connectivity index is 1.56. The van der Waals surface area contributed by atoms with Crippen molar-refractivity contribution in [1.82, 2.24) is 19.6 Å². The van der Waals surface area contributed by atoms with Gasteiger partial charge in [0.1, 0.15) is 11.5 Å². The maximum atomic E-state index is 14.1. The van der Waals surface area contributed by atoms with Gasteiger partial charge in [0.25, 0.3) is 5.91 Å². The van der Waals surface area contributed by atoms with Gasteiger partial charge in [-0.25, -0.2) is 4.39 Å². The van der Waals surface area contributed by atoms with Gasteiger partial charge >= 0.3 is 0 Å². The molecule has 0 spiro atoms. The molecule has 1 atom stereocenters. The molecule has 1 aromatic heterocycles. The number of hydrogen-bond donors (Lipinski definition) is 0. The number of carbonyl (C=O) groups is 2. The first-order valence-corrected chi connectivity index (χ1v) is 11.0. The number of carbonyl (C=O) groups excluding carboxylic acids is 2. The van der Waals surface area contributed by atoms with Crippen molar-refractivity contribution in [2.24, 2.45) is 13.0 Å². The number of benzene rings is 2. The Bertz CT molecular complexity index is 1160. The zero-order chi connectivity index (χ0) is 23.4. The summed E-state index contributed by atoms with van der Waals surface area (Å²) in [4.78, 5) is 29.9. The molecular formula is C26H27FN4O2. The normalized spacial score (nSPS) is 16.5. The van der Waals surface area contributed by atoms with Crippen LogP contribution in [0.5, 0.6) is 0 Å². The first-order chi connectivity index (χ1) is 16.0. The summed E-state index contributed by atoms with van der Waals surface area (Å²) in [6, 6.07) is 15.9. The van der Waals surface area contributed by atoms with Gasteiger partial charge in [-0.1, -0.05) is 48.5 Å². The molecule has 170 valence electrons. The Labute approximate surface area is 192 Å². The summed E-state index contributed by atoms with van der Waals surface area (Å²) in [6.07, 6.45) is 3.78. The number of amides is 2. The first-order valence-electron chi connectivity index (χ1n) is 11.0. The van der Waals surface area contributed by atoms with Crippen molar-refractivity contribution in [2.75, 3.05) is 26.2 Å². The minimum Gasteiger partial charge on any atom is -0.337 e. The van der Waals surface area contributed by atoms with E-state index in [1.807, 2.05) is 24.3 Å². The molecular weight excluding hydrogens is 419 g/mol. The summed E-state index contributed by atoms with van der Waals surface area (Å²) in [5.74, 6) is -0.783. The molecule has 0 bridgehead atoms. The Morgan fingerprint density at radius 3 is 2.58 bits per heavy atom. The van der Waals surface area contributed by atoms with E-state index in [2.05, 4.69) is 11.7 Å². The number of nitrogens with zero attached hydrogens (tertiary/aromatic N) is 4. The zero-order valence-corrected chi connectivity index (χ0v) is 18.7. The smallest absolute Gasteiger partial charge is 0.272 e. The molecule has 1 aliphatic heterocycles. The average Bonchev–Trinajstić information content (AvgIpc) is 3.19. The Hall–Kier alpha value is -3.74. The van der Waals surface area contributed by atoms with Gasteiger partial charge in [-0.3, -0.25) is 14.3 Å². The average molecular weight is 447 g/mol. The lowest BCUT2D eigenvalue weighted by molar-refractivity contribution is -0.134. The van der Waals surface area contributed by atoms with Crippen LogP contribution in [0, 0.1) is 11.7 Å². The second-order valence-corrected chi connectivity index (χ2v) is 8.24. The highest BCUT2D eigenvalue weighted by Crippen LogP contribution is 2.25. The fraction of sp³-hybridized carbons (Fsp3) is 0.269. The minimum absolute atomic E-state index is 0.00777. The summed E-state index contributed by atoms with van der Waals surface area (Å²) < 4.78 is 15.7. The van der Waals surface area contributed by atoms with Crippen LogP contribution in [0.1, 0.15) is 16.1 Å². The third-order valence-electron chi connectivity index (χ3n) is 6.04. The lowest BCUT2D eigenvalue weighted by Gasteiger charge is -2.23. The molecule has 0 saturated carbocycles. The van der Waals surface area contributed by atoms with Crippen LogP contribution in [0.25, 0.3) is 11.1 Å². The fourth-order valence-electron chi connectivity index (χ4n) is 4.26. The van der Waals surface area contributed by atoms with Crippen molar-refractivity contribution >= 4 is 11.8 Å². The second-order valence-electron chi connectivity index (χ2n) is 8.24. The second kappa shape index (κ2) is 9.81. The molecule has 1 fully saturated rings. The lowest BCUT2D eigenvalue weighted by Crippen LogP contribution is -2.38. The number of aromatic nitrogens is 2. The number of hydrogen-bond acceptors (Lipinski definition) is 3. The van der Waals surface area contributed by atoms with Gasteiger partial charge in [-0.15, -0.1) is 6.58 Å². The van der Waals surface area contributed by atoms with Crippen LogP contribution in [0.3, 0.4) is 0 Å². The molecule has 0 N–H and O–H groups in total. The quantitative estimate of drug-likeness (QED) is 0.544. The van der Waals surface area contributed by atoms with Crippen molar-refractivity contribution in [3.8, 4) is 11.1 Å². The van der Waals surface area contributed by atoms with Crippen LogP contribution in [0.4, 0.5) is 4.39 Å². The molecule has 2 amide bonds. The van der Waals surface area contributed by atoms with Gasteiger partial charge in [-0.2, -0.15) is 5.10 Å². The fourth-order valence-corrected chi connectivity index (χ4v) is 4.26. The highest BCUT2D eigenvalue weighted by Gasteiger charge is 2.33. The van der Waals surface area contributed by atoms with Gasteiger partial charge in [0.2, 0.25) is 5.91 Å². The molecule has 2 heterocycles. The van der Waals surface area contributed by atoms with E-state index >= 15 is 0 Å². The molecule has 2 aromatic carbocycles. The van der Waals surface area contributed by atoms with E-state index in [1.165, 1.54) is 6.07 Å². The van der Waals surface area contributed by atoms with E-state index in [4.69, 9.17) is 0 Å². The maximum absolute atomic E-state index is 14.1. The van der Waals surface area contributed by atoms with Gasteiger partial charge in [0, 0.05) is 45.0 Å². The van der Waals surface area contributed by atoms with Crippen LogP contribution >= 0.6 is 0 Å². The number of rotatable bonds is 6. The van der Waals surface area contributed by atoms with Crippen molar-refractivity contribution in [3.63, 3.8) is 0 Å². The molecule has 0 aliphatic carbocycles. The first kappa shape index (κ1) is 22.5. The molecule has 1 aliphatic rings. The summed E-state index contributed by atoms with van der Waals surface area (Å²) in [7, 11) is 1.73. The van der Waals surface area contributed by atoms with Crippen LogP contribution in [-0.4, -0.2) is 57.6 Å². The van der Waals surface area contributed by atoms with E-state index < -0.39 is 0 Å². The number of halogens is 1. The van der Waals surface area contributed by atoms with Crippen molar-refractivity contribution in [3.05, 3.63) is 90.5 Å². The van der Waals surface area contributed by atoms with Crippen LogP contribution in [0.15, 0.2) is 73.4 Å². The van der Waals surface area contributed by atoms with E-state index in [-0.39, 0.29) is 23.5 Å². The molecule has 1 saturated heterocycles. The molecule has 0 unspecified atom stereocenters.